The van der Waals surface area contributed by atoms with Crippen LogP contribution >= 0.6 is 27.5 Å². The van der Waals surface area contributed by atoms with Gasteiger partial charge in [0.15, 0.2) is 0 Å². The Hall–Kier alpha value is -2.96. The van der Waals surface area contributed by atoms with Gasteiger partial charge >= 0.3 is 0 Å². The van der Waals surface area contributed by atoms with E-state index in [1.54, 1.807) is 45.9 Å². The van der Waals surface area contributed by atoms with Crippen LogP contribution in [-0.4, -0.2) is 26.9 Å². The number of fused-ring (bicyclic) bond motifs is 1. The molecule has 1 heterocycles. The summed E-state index contributed by atoms with van der Waals surface area (Å²) in [6.45, 7) is 4.38. The summed E-state index contributed by atoms with van der Waals surface area (Å²) >= 11 is 9.71. The molecule has 3 aromatic carbocycles. The summed E-state index contributed by atoms with van der Waals surface area (Å²) in [4.78, 5) is 33.8. The topological polar surface area (TPSA) is 55.2 Å². The van der Waals surface area contributed by atoms with E-state index < -0.39 is 6.04 Å². The summed E-state index contributed by atoms with van der Waals surface area (Å²) in [6, 6.07) is 21.3. The molecule has 1 atom stereocenters. The molecular formula is C26H23BrClN3O2. The summed E-state index contributed by atoms with van der Waals surface area (Å²) in [5.74, 6) is 0.388. The van der Waals surface area contributed by atoms with Gasteiger partial charge in [0.1, 0.15) is 5.82 Å². The maximum Gasteiger partial charge on any atom is 0.266 e. The Morgan fingerprint density at radius 3 is 2.52 bits per heavy atom. The zero-order chi connectivity index (χ0) is 23.5. The fourth-order valence-electron chi connectivity index (χ4n) is 4.07. The normalized spacial score (nSPS) is 12.0. The Balaban J connectivity index is 1.95. The van der Waals surface area contributed by atoms with Crippen LogP contribution < -0.4 is 5.56 Å². The number of rotatable bonds is 6. The molecule has 33 heavy (non-hydrogen) atoms. The van der Waals surface area contributed by atoms with Crippen molar-refractivity contribution in [3.8, 4) is 5.69 Å². The second-order valence-corrected chi connectivity index (χ2v) is 8.99. The minimum Gasteiger partial charge on any atom is -0.329 e. The molecule has 0 radical (unpaired) electrons. The van der Waals surface area contributed by atoms with Gasteiger partial charge in [0.2, 0.25) is 0 Å². The molecule has 0 aliphatic heterocycles. The molecule has 0 fully saturated rings. The standard InChI is InChI=1S/C26H23BrClN3O2/c1-3-23(30(4-2)25(32)17-9-7-10-18(27)15-17)24-29-22-14-6-5-13-21(22)26(33)31(24)20-12-8-11-19(28)16-20/h5-16,23H,3-4H2,1-2H3. The van der Waals surface area contributed by atoms with Crippen LogP contribution in [0.4, 0.5) is 0 Å². The van der Waals surface area contributed by atoms with Gasteiger partial charge in [-0.15, -0.1) is 0 Å². The highest BCUT2D eigenvalue weighted by Crippen LogP contribution is 2.28. The second kappa shape index (κ2) is 9.89. The molecule has 0 aliphatic carbocycles. The lowest BCUT2D eigenvalue weighted by Gasteiger charge is -2.31. The Morgan fingerprint density at radius 2 is 1.82 bits per heavy atom. The van der Waals surface area contributed by atoms with Gasteiger partial charge in [0.05, 0.1) is 22.6 Å². The lowest BCUT2D eigenvalue weighted by Crippen LogP contribution is -2.38. The third kappa shape index (κ3) is 4.59. The monoisotopic (exact) mass is 523 g/mol. The largest absolute Gasteiger partial charge is 0.329 e. The van der Waals surface area contributed by atoms with E-state index in [2.05, 4.69) is 15.9 Å². The smallest absolute Gasteiger partial charge is 0.266 e. The molecule has 168 valence electrons. The van der Waals surface area contributed by atoms with Gasteiger partial charge in [-0.3, -0.25) is 14.2 Å². The number of carbonyl (C=O) groups excluding carboxylic acids is 1. The molecule has 5 nitrogen and oxygen atoms in total. The van der Waals surface area contributed by atoms with Gasteiger partial charge in [-0.25, -0.2) is 4.98 Å². The van der Waals surface area contributed by atoms with Crippen molar-refractivity contribution in [2.75, 3.05) is 6.54 Å². The molecule has 4 rings (SSSR count). The first-order valence-corrected chi connectivity index (χ1v) is 12.0. The van der Waals surface area contributed by atoms with Gasteiger partial charge in [-0.2, -0.15) is 0 Å². The fourth-order valence-corrected chi connectivity index (χ4v) is 4.66. The number of para-hydroxylation sites is 1. The van der Waals surface area contributed by atoms with E-state index in [1.807, 2.05) is 50.2 Å². The Kier molecular flexibility index (Phi) is 6.96. The maximum absolute atomic E-state index is 13.6. The van der Waals surface area contributed by atoms with Crippen molar-refractivity contribution in [1.82, 2.24) is 14.5 Å². The van der Waals surface area contributed by atoms with Crippen LogP contribution in [0.2, 0.25) is 5.02 Å². The zero-order valence-corrected chi connectivity index (χ0v) is 20.7. The third-order valence-electron chi connectivity index (χ3n) is 5.60. The van der Waals surface area contributed by atoms with E-state index in [9.17, 15) is 9.59 Å². The van der Waals surface area contributed by atoms with E-state index >= 15 is 0 Å². The number of amides is 1. The summed E-state index contributed by atoms with van der Waals surface area (Å²) in [5.41, 5.74) is 1.59. The van der Waals surface area contributed by atoms with Gasteiger partial charge in [0, 0.05) is 21.6 Å². The van der Waals surface area contributed by atoms with Crippen LogP contribution in [-0.2, 0) is 0 Å². The number of benzene rings is 3. The third-order valence-corrected chi connectivity index (χ3v) is 6.33. The van der Waals surface area contributed by atoms with Gasteiger partial charge in [-0.1, -0.05) is 58.7 Å². The highest BCUT2D eigenvalue weighted by molar-refractivity contribution is 9.10. The van der Waals surface area contributed by atoms with Gasteiger partial charge < -0.3 is 4.90 Å². The van der Waals surface area contributed by atoms with Crippen LogP contribution in [0.1, 0.15) is 42.5 Å². The van der Waals surface area contributed by atoms with Gasteiger partial charge in [-0.05, 0) is 61.9 Å². The molecule has 1 aromatic heterocycles. The highest BCUT2D eigenvalue weighted by Gasteiger charge is 2.29. The lowest BCUT2D eigenvalue weighted by atomic mass is 10.1. The van der Waals surface area contributed by atoms with Crippen molar-refractivity contribution in [2.24, 2.45) is 0 Å². The maximum atomic E-state index is 13.6. The molecule has 0 saturated heterocycles. The van der Waals surface area contributed by atoms with Crippen LogP contribution in [0.15, 0.2) is 82.1 Å². The minimum atomic E-state index is -0.419. The Labute approximate surface area is 205 Å². The lowest BCUT2D eigenvalue weighted by molar-refractivity contribution is 0.0672. The van der Waals surface area contributed by atoms with Crippen molar-refractivity contribution >= 4 is 44.3 Å². The molecule has 7 heteroatoms. The molecular weight excluding hydrogens is 502 g/mol. The van der Waals surface area contributed by atoms with Crippen molar-refractivity contribution in [2.45, 2.75) is 26.3 Å². The molecule has 0 spiro atoms. The summed E-state index contributed by atoms with van der Waals surface area (Å²) in [5, 5.41) is 1.03. The predicted octanol–water partition coefficient (Wildman–Crippen LogP) is 6.42. The average Bonchev–Trinajstić information content (AvgIpc) is 2.82. The average molecular weight is 525 g/mol. The van der Waals surface area contributed by atoms with E-state index in [1.165, 1.54) is 0 Å². The van der Waals surface area contributed by atoms with Crippen molar-refractivity contribution < 1.29 is 4.79 Å². The summed E-state index contributed by atoms with van der Waals surface area (Å²) in [6.07, 6.45) is 0.582. The molecule has 0 bridgehead atoms. The van der Waals surface area contributed by atoms with Crippen LogP contribution in [0.5, 0.6) is 0 Å². The summed E-state index contributed by atoms with van der Waals surface area (Å²) in [7, 11) is 0. The second-order valence-electron chi connectivity index (χ2n) is 7.63. The van der Waals surface area contributed by atoms with Crippen LogP contribution in [0, 0.1) is 0 Å². The first-order valence-electron chi connectivity index (χ1n) is 10.8. The van der Waals surface area contributed by atoms with Crippen LogP contribution in [0.3, 0.4) is 0 Å². The number of nitrogens with zero attached hydrogens (tertiary/aromatic N) is 3. The minimum absolute atomic E-state index is 0.120. The quantitative estimate of drug-likeness (QED) is 0.293. The van der Waals surface area contributed by atoms with Gasteiger partial charge in [0.25, 0.3) is 11.5 Å². The van der Waals surface area contributed by atoms with Crippen LogP contribution in [0.25, 0.3) is 16.6 Å². The van der Waals surface area contributed by atoms with Crippen molar-refractivity contribution in [3.63, 3.8) is 0 Å². The molecule has 0 aliphatic rings. The van der Waals surface area contributed by atoms with E-state index in [4.69, 9.17) is 16.6 Å². The molecule has 4 aromatic rings. The number of halogens is 2. The first-order chi connectivity index (χ1) is 15.9. The van der Waals surface area contributed by atoms with Crippen molar-refractivity contribution in [3.05, 3.63) is 104 Å². The Morgan fingerprint density at radius 1 is 1.06 bits per heavy atom. The van der Waals surface area contributed by atoms with E-state index in [0.29, 0.717) is 46.0 Å². The van der Waals surface area contributed by atoms with E-state index in [0.717, 1.165) is 4.47 Å². The first kappa shape index (κ1) is 23.2. The number of aromatic nitrogens is 2. The van der Waals surface area contributed by atoms with Crippen molar-refractivity contribution in [1.29, 1.82) is 0 Å². The molecule has 0 saturated carbocycles. The summed E-state index contributed by atoms with van der Waals surface area (Å²) < 4.78 is 2.41. The molecule has 1 unspecified atom stereocenters. The molecule has 1 amide bonds. The number of hydrogen-bond donors (Lipinski definition) is 0. The SMILES string of the molecule is CCC(c1nc2ccccc2c(=O)n1-c1cccc(Cl)c1)N(CC)C(=O)c1cccc(Br)c1. The number of hydrogen-bond acceptors (Lipinski definition) is 3. The Bertz CT molecular complexity index is 1390. The zero-order valence-electron chi connectivity index (χ0n) is 18.3. The predicted molar refractivity (Wildman–Crippen MR) is 136 cm³/mol. The van der Waals surface area contributed by atoms with E-state index in [-0.39, 0.29) is 11.5 Å². The number of carbonyl (C=O) groups is 1. The fraction of sp³-hybridized carbons (Fsp3) is 0.192. The molecule has 0 N–H and O–H groups in total. The highest BCUT2D eigenvalue weighted by atomic mass is 79.9.